The highest BCUT2D eigenvalue weighted by Gasteiger charge is 2.49. The lowest BCUT2D eigenvalue weighted by Crippen LogP contribution is -2.51. The van der Waals surface area contributed by atoms with Crippen molar-refractivity contribution in [1.82, 2.24) is 0 Å². The average Bonchev–Trinajstić information content (AvgIpc) is 1.82. The fourth-order valence-corrected chi connectivity index (χ4v) is 1.80. The number of nitrogens with two attached hydrogens (primary N) is 1. The Morgan fingerprint density at radius 3 is 2.08 bits per heavy atom. The van der Waals surface area contributed by atoms with Gasteiger partial charge in [-0.15, -0.1) is 0 Å². The number of imide groups is 1. The molecule has 1 unspecified atom stereocenters. The number of amides is 3. The first-order chi connectivity index (χ1) is 5.59. The van der Waals surface area contributed by atoms with Crippen LogP contribution in [0.4, 0.5) is 14.0 Å². The smallest absolute Gasteiger partial charge is 0.434 e. The lowest BCUT2D eigenvalue weighted by Gasteiger charge is -2.21. The molecule has 0 radical (unpaired) electrons. The number of nitrogens with zero attached hydrogens (tertiary/aromatic N) is 1. The van der Waals surface area contributed by atoms with Crippen LogP contribution >= 0.6 is 35.1 Å². The van der Waals surface area contributed by atoms with E-state index in [-0.39, 0.29) is 11.9 Å². The number of alkyl halides is 3. The van der Waals surface area contributed by atoms with Crippen molar-refractivity contribution in [2.45, 2.75) is 3.92 Å². The molecule has 0 aromatic rings. The summed E-state index contributed by atoms with van der Waals surface area (Å²) in [6.45, 7) is 0. The fraction of sp³-hybridized carbons (Fsp3) is 0.500. The van der Waals surface area contributed by atoms with Crippen molar-refractivity contribution in [3.8, 4) is 0 Å². The first kappa shape index (κ1) is 12.8. The number of hydrogen-bond acceptors (Lipinski definition) is 3. The third-order valence-corrected chi connectivity index (χ3v) is 2.39. The summed E-state index contributed by atoms with van der Waals surface area (Å²) in [6, 6.07) is -1.29. The van der Waals surface area contributed by atoms with Crippen LogP contribution in [0.3, 0.4) is 0 Å². The second kappa shape index (κ2) is 3.87. The Bertz CT molecular complexity index is 230. The van der Waals surface area contributed by atoms with Gasteiger partial charge in [0.1, 0.15) is 0 Å². The molecule has 0 fully saturated rings. The third kappa shape index (κ3) is 3.55. The van der Waals surface area contributed by atoms with E-state index < -0.39 is 19.9 Å². The number of urea groups is 1. The van der Waals surface area contributed by atoms with Crippen molar-refractivity contribution in [1.29, 1.82) is 0 Å². The second-order valence-corrected chi connectivity index (χ2v) is 5.24. The number of quaternary nitrogens is 1. The van der Waals surface area contributed by atoms with Gasteiger partial charge in [0.15, 0.2) is 11.9 Å². The van der Waals surface area contributed by atoms with Gasteiger partial charge < -0.3 is 10.8 Å². The highest BCUT2D eigenvalue weighted by Crippen LogP contribution is 2.42. The molecule has 0 aliphatic heterocycles. The molecule has 3 amide bonds. The van der Waals surface area contributed by atoms with E-state index in [1.807, 2.05) is 0 Å². The Morgan fingerprint density at radius 1 is 1.62 bits per heavy atom. The Labute approximate surface area is 87.3 Å². The fourth-order valence-electron chi connectivity index (χ4n) is 0.385. The van der Waals surface area contributed by atoms with Gasteiger partial charge >= 0.3 is 16.0 Å². The molecule has 1 atom stereocenters. The molecular formula is C4H6Cl2FN2O3S+. The largest absolute Gasteiger partial charge is 0.534 e. The maximum atomic E-state index is 12.6. The van der Waals surface area contributed by atoms with Crippen LogP contribution in [0.1, 0.15) is 0 Å². The molecule has 76 valence electrons. The van der Waals surface area contributed by atoms with Gasteiger partial charge in [-0.25, -0.2) is 4.79 Å². The molecule has 0 rings (SSSR count). The predicted octanol–water partition coefficient (Wildman–Crippen LogP) is 1.90. The molecule has 0 saturated heterocycles. The first-order valence-electron chi connectivity index (χ1n) is 2.77. The van der Waals surface area contributed by atoms with Crippen LogP contribution in [0, 0.1) is 0 Å². The minimum absolute atomic E-state index is 0.152. The van der Waals surface area contributed by atoms with Gasteiger partial charge in [0.2, 0.25) is 0 Å². The van der Waals surface area contributed by atoms with Gasteiger partial charge in [-0.1, -0.05) is 3.89 Å². The van der Waals surface area contributed by atoms with E-state index in [0.717, 1.165) is 7.05 Å². The van der Waals surface area contributed by atoms with Crippen LogP contribution in [0.25, 0.3) is 0 Å². The number of carbonyl (C=O) groups is 2. The van der Waals surface area contributed by atoms with Crippen molar-refractivity contribution in [3.63, 3.8) is 0 Å². The highest BCUT2D eigenvalue weighted by atomic mass is 35.5. The van der Waals surface area contributed by atoms with Gasteiger partial charge in [0.05, 0.1) is 7.05 Å². The summed E-state index contributed by atoms with van der Waals surface area (Å²) in [6.07, 6.45) is -1.67. The summed E-state index contributed by atoms with van der Waals surface area (Å²) in [5, 5.41) is 8.53. The van der Waals surface area contributed by atoms with Crippen molar-refractivity contribution in [2.75, 3.05) is 7.05 Å². The zero-order valence-corrected chi connectivity index (χ0v) is 8.66. The van der Waals surface area contributed by atoms with Gasteiger partial charge in [-0.2, -0.15) is 9.18 Å². The third-order valence-electron chi connectivity index (χ3n) is 1.07. The molecule has 0 heterocycles. The summed E-state index contributed by atoms with van der Waals surface area (Å²) >= 11 is 9.61. The van der Waals surface area contributed by atoms with E-state index in [0.29, 0.717) is 0 Å². The summed E-state index contributed by atoms with van der Waals surface area (Å²) < 4.78 is 8.21. The zero-order chi connectivity index (χ0) is 10.9. The lowest BCUT2D eigenvalue weighted by atomic mass is 10.8. The normalized spacial score (nSPS) is 16.3. The molecule has 13 heavy (non-hydrogen) atoms. The molecule has 9 heteroatoms. The Kier molecular flexibility index (Phi) is 3.80. The molecule has 0 aromatic carbocycles. The van der Waals surface area contributed by atoms with E-state index in [4.69, 9.17) is 34.0 Å². The number of rotatable bonds is 2. The van der Waals surface area contributed by atoms with Gasteiger partial charge in [-0.3, -0.25) is 0 Å². The number of carbonyl (C=O) groups excluding carboxylic acids is 1. The van der Waals surface area contributed by atoms with Gasteiger partial charge in [0.25, 0.3) is 0 Å². The summed E-state index contributed by atoms with van der Waals surface area (Å²) in [5.41, 5.74) is 4.73. The van der Waals surface area contributed by atoms with Crippen molar-refractivity contribution in [2.24, 2.45) is 5.73 Å². The van der Waals surface area contributed by atoms with Crippen LogP contribution in [0.5, 0.6) is 0 Å². The lowest BCUT2D eigenvalue weighted by molar-refractivity contribution is -0.602. The highest BCUT2D eigenvalue weighted by molar-refractivity contribution is 7.98. The quantitative estimate of drug-likeness (QED) is 0.446. The predicted molar refractivity (Wildman–Crippen MR) is 46.9 cm³/mol. The molecule has 0 aliphatic rings. The number of carboxylic acid groups (broad SMARTS) is 1. The Balaban J connectivity index is 4.84. The standard InChI is InChI=1S/C4H5Cl2FN2O3S/c1-9(2(8)10,3(11)12)13-4(5,6)7/h1H3,(H2-,8,10,11,12)/p+1. The summed E-state index contributed by atoms with van der Waals surface area (Å²) in [5.74, 6) is 0. The number of hydrogen-bond donors (Lipinski definition) is 2. The van der Waals surface area contributed by atoms with Crippen molar-refractivity contribution < 1.29 is 23.0 Å². The summed E-state index contributed by atoms with van der Waals surface area (Å²) in [7, 11) is 0.856. The molecule has 3 N–H and O–H groups in total. The maximum Gasteiger partial charge on any atom is 0.534 e. The minimum Gasteiger partial charge on any atom is -0.434 e. The van der Waals surface area contributed by atoms with Crippen LogP contribution in [-0.4, -0.2) is 32.1 Å². The zero-order valence-electron chi connectivity index (χ0n) is 6.33. The van der Waals surface area contributed by atoms with Crippen LogP contribution in [-0.2, 0) is 0 Å². The van der Waals surface area contributed by atoms with Crippen LogP contribution < -0.4 is 5.73 Å². The Morgan fingerprint density at radius 2 is 2.00 bits per heavy atom. The van der Waals surface area contributed by atoms with Crippen molar-refractivity contribution in [3.05, 3.63) is 0 Å². The van der Waals surface area contributed by atoms with Gasteiger partial charge in [0, 0.05) is 0 Å². The molecule has 0 spiro atoms. The van der Waals surface area contributed by atoms with E-state index in [1.54, 1.807) is 0 Å². The minimum atomic E-state index is -2.90. The van der Waals surface area contributed by atoms with E-state index in [9.17, 15) is 14.0 Å². The van der Waals surface area contributed by atoms with Crippen LogP contribution in [0.15, 0.2) is 0 Å². The maximum absolute atomic E-state index is 12.6. The average molecular weight is 252 g/mol. The van der Waals surface area contributed by atoms with Crippen molar-refractivity contribution >= 4 is 47.3 Å². The summed E-state index contributed by atoms with van der Waals surface area (Å²) in [4.78, 5) is 21.2. The van der Waals surface area contributed by atoms with E-state index >= 15 is 0 Å². The molecule has 0 saturated carbocycles. The van der Waals surface area contributed by atoms with E-state index in [2.05, 4.69) is 0 Å². The first-order valence-corrected chi connectivity index (χ1v) is 4.30. The number of halogens is 3. The molecule has 0 bridgehead atoms. The molecule has 0 aromatic heterocycles. The topological polar surface area (TPSA) is 80.4 Å². The molecular weight excluding hydrogens is 246 g/mol. The molecule has 0 aliphatic carbocycles. The molecule has 5 nitrogen and oxygen atoms in total. The monoisotopic (exact) mass is 251 g/mol. The second-order valence-electron chi connectivity index (χ2n) is 2.08. The van der Waals surface area contributed by atoms with Gasteiger partial charge in [-0.05, 0) is 23.2 Å². The van der Waals surface area contributed by atoms with E-state index in [1.165, 1.54) is 0 Å². The van der Waals surface area contributed by atoms with Crippen LogP contribution in [0.2, 0.25) is 0 Å². The Hall–Kier alpha value is -0.240. The SMILES string of the molecule is C[N+](SC(F)(Cl)Cl)(C(N)=O)C(=O)O. The number of primary amides is 1.